The fraction of sp³-hybridized carbons (Fsp3) is 0.160. The Morgan fingerprint density at radius 1 is 0.919 bits per heavy atom. The van der Waals surface area contributed by atoms with E-state index in [0.29, 0.717) is 27.9 Å². The van der Waals surface area contributed by atoms with E-state index in [1.807, 2.05) is 32.2 Å². The zero-order valence-corrected chi connectivity index (χ0v) is 22.0. The van der Waals surface area contributed by atoms with Gasteiger partial charge in [0.15, 0.2) is 21.9 Å². The molecule has 5 aromatic heterocycles. The molecule has 188 valence electrons. The Balaban J connectivity index is 0.000000173. The third-order valence-electron chi connectivity index (χ3n) is 5.11. The van der Waals surface area contributed by atoms with Crippen molar-refractivity contribution in [2.75, 3.05) is 26.6 Å². The van der Waals surface area contributed by atoms with Gasteiger partial charge in [-0.3, -0.25) is 14.8 Å². The van der Waals surface area contributed by atoms with Crippen molar-refractivity contribution >= 4 is 44.8 Å². The highest BCUT2D eigenvalue weighted by molar-refractivity contribution is 7.21. The van der Waals surface area contributed by atoms with Gasteiger partial charge in [0.05, 0.1) is 38.5 Å². The second-order valence-corrected chi connectivity index (χ2v) is 8.84. The molecular formula is C25H22ClN7O3S. The van der Waals surface area contributed by atoms with E-state index < -0.39 is 0 Å². The first-order valence-corrected chi connectivity index (χ1v) is 12.1. The zero-order valence-electron chi connectivity index (χ0n) is 20.4. The first-order chi connectivity index (χ1) is 17.9. The fourth-order valence-electron chi connectivity index (χ4n) is 3.29. The van der Waals surface area contributed by atoms with Crippen molar-refractivity contribution < 1.29 is 14.3 Å². The van der Waals surface area contributed by atoms with Gasteiger partial charge in [-0.15, -0.1) is 0 Å². The molecule has 0 aromatic carbocycles. The topological polar surface area (TPSA) is 125 Å². The van der Waals surface area contributed by atoms with Crippen LogP contribution in [-0.2, 0) is 0 Å². The molecule has 5 heterocycles. The largest absolute Gasteiger partial charge is 0.495 e. The van der Waals surface area contributed by atoms with Crippen molar-refractivity contribution in [2.45, 2.75) is 6.92 Å². The Bertz CT molecular complexity index is 1540. The highest BCUT2D eigenvalue weighted by Gasteiger charge is 2.12. The maximum atomic E-state index is 11.1. The van der Waals surface area contributed by atoms with E-state index in [2.05, 4.69) is 35.2 Å². The number of anilines is 1. The second-order valence-electron chi connectivity index (χ2n) is 7.47. The predicted octanol–water partition coefficient (Wildman–Crippen LogP) is 5.13. The summed E-state index contributed by atoms with van der Waals surface area (Å²) in [5, 5.41) is 4.13. The van der Waals surface area contributed by atoms with Crippen LogP contribution in [0.3, 0.4) is 0 Å². The molecule has 0 bridgehead atoms. The molecule has 0 saturated heterocycles. The molecule has 0 amide bonds. The van der Waals surface area contributed by atoms with Gasteiger partial charge in [0.2, 0.25) is 0 Å². The van der Waals surface area contributed by atoms with Crippen LogP contribution in [0.1, 0.15) is 16.1 Å². The minimum Gasteiger partial charge on any atom is -0.495 e. The third kappa shape index (κ3) is 5.96. The molecule has 5 rings (SSSR count). The maximum absolute atomic E-state index is 11.1. The lowest BCUT2D eigenvalue weighted by Gasteiger charge is -2.10. The number of pyridine rings is 3. The Kier molecular flexibility index (Phi) is 8.16. The smallest absolute Gasteiger partial charge is 0.191 e. The predicted molar refractivity (Wildman–Crippen MR) is 144 cm³/mol. The number of rotatable bonds is 6. The second kappa shape index (κ2) is 11.7. The van der Waals surface area contributed by atoms with E-state index in [0.717, 1.165) is 44.5 Å². The van der Waals surface area contributed by atoms with Gasteiger partial charge in [-0.2, -0.15) is 4.98 Å². The summed E-state index contributed by atoms with van der Waals surface area (Å²) in [6, 6.07) is 7.19. The van der Waals surface area contributed by atoms with Crippen LogP contribution < -0.4 is 14.8 Å². The van der Waals surface area contributed by atoms with Crippen LogP contribution >= 0.6 is 22.9 Å². The number of aldehydes is 1. The molecule has 0 aliphatic rings. The number of nitrogens with zero attached hydrogens (tertiary/aromatic N) is 6. The minimum atomic E-state index is 0.345. The molecule has 5 aromatic rings. The van der Waals surface area contributed by atoms with Crippen molar-refractivity contribution in [3.8, 4) is 34.0 Å². The number of hydrogen-bond acceptors (Lipinski definition) is 11. The summed E-state index contributed by atoms with van der Waals surface area (Å²) in [4.78, 5) is 37.3. The Hall–Kier alpha value is -4.22. The minimum absolute atomic E-state index is 0.345. The standard InChI is InChI=1S/C13H11ClN2O2.C12H11N5OS/c1-8-3-10(9(7-17)5-15-8)11-4-13(14)16-6-12(11)18-2;1-13-12-17-10-11(19-12)16-9(6-15-10)8-4-3-7(18-2)5-14-8/h3-7H,1-2H3;3-6H,1-2H3,(H,13,15,17). The number of hydrogen-bond donors (Lipinski definition) is 1. The Labute approximate surface area is 221 Å². The monoisotopic (exact) mass is 535 g/mol. The summed E-state index contributed by atoms with van der Waals surface area (Å²) in [6.45, 7) is 1.85. The van der Waals surface area contributed by atoms with Gasteiger partial charge in [-0.1, -0.05) is 22.9 Å². The Morgan fingerprint density at radius 3 is 2.43 bits per heavy atom. The van der Waals surface area contributed by atoms with E-state index in [1.165, 1.54) is 23.7 Å². The van der Waals surface area contributed by atoms with Crippen LogP contribution in [0.5, 0.6) is 11.5 Å². The number of nitrogens with one attached hydrogen (secondary N) is 1. The number of carbonyl (C=O) groups is 1. The molecule has 37 heavy (non-hydrogen) atoms. The number of halogens is 1. The number of carbonyl (C=O) groups excluding carboxylic acids is 1. The molecule has 1 N–H and O–H groups in total. The van der Waals surface area contributed by atoms with Crippen LogP contribution in [0.4, 0.5) is 5.13 Å². The summed E-state index contributed by atoms with van der Waals surface area (Å²) in [6.07, 6.45) is 7.16. The van der Waals surface area contributed by atoms with Gasteiger partial charge in [0.25, 0.3) is 0 Å². The van der Waals surface area contributed by atoms with E-state index in [9.17, 15) is 4.79 Å². The lowest BCUT2D eigenvalue weighted by Crippen LogP contribution is -1.95. The van der Waals surface area contributed by atoms with Gasteiger partial charge >= 0.3 is 0 Å². The van der Waals surface area contributed by atoms with E-state index >= 15 is 0 Å². The fourth-order valence-corrected chi connectivity index (χ4v) is 4.20. The summed E-state index contributed by atoms with van der Waals surface area (Å²) in [5.74, 6) is 1.28. The molecule has 0 aliphatic carbocycles. The summed E-state index contributed by atoms with van der Waals surface area (Å²) < 4.78 is 10.3. The SMILES string of the molecule is CNc1nc2ncc(-c3ccc(OC)cn3)nc2s1.COc1cnc(Cl)cc1-c1cc(C)ncc1C=O. The first-order valence-electron chi connectivity index (χ1n) is 10.9. The van der Waals surface area contributed by atoms with Crippen molar-refractivity contribution in [3.05, 3.63) is 65.5 Å². The molecule has 0 spiro atoms. The van der Waals surface area contributed by atoms with Crippen molar-refractivity contribution in [1.29, 1.82) is 0 Å². The van der Waals surface area contributed by atoms with Crippen LogP contribution in [0, 0.1) is 6.92 Å². The number of aryl methyl sites for hydroxylation is 1. The van der Waals surface area contributed by atoms with Crippen LogP contribution in [0.2, 0.25) is 5.15 Å². The highest BCUT2D eigenvalue weighted by Crippen LogP contribution is 2.33. The van der Waals surface area contributed by atoms with Gasteiger partial charge in [0.1, 0.15) is 22.3 Å². The molecule has 0 aliphatic heterocycles. The zero-order chi connectivity index (χ0) is 26.4. The summed E-state index contributed by atoms with van der Waals surface area (Å²) in [7, 11) is 4.98. The van der Waals surface area contributed by atoms with Gasteiger partial charge in [-0.05, 0) is 36.8 Å². The highest BCUT2D eigenvalue weighted by atomic mass is 35.5. The van der Waals surface area contributed by atoms with Gasteiger partial charge in [-0.25, -0.2) is 15.0 Å². The number of methoxy groups -OCH3 is 2. The number of fused-ring (bicyclic) bond motifs is 1. The lowest BCUT2D eigenvalue weighted by molar-refractivity contribution is 0.112. The van der Waals surface area contributed by atoms with Crippen molar-refractivity contribution in [1.82, 2.24) is 29.9 Å². The number of thiazole rings is 1. The first kappa shape index (κ1) is 25.9. The molecule has 12 heteroatoms. The molecule has 0 radical (unpaired) electrons. The molecule has 10 nitrogen and oxygen atoms in total. The lowest BCUT2D eigenvalue weighted by atomic mass is 10.0. The third-order valence-corrected chi connectivity index (χ3v) is 6.28. The van der Waals surface area contributed by atoms with Crippen molar-refractivity contribution in [2.24, 2.45) is 0 Å². The van der Waals surface area contributed by atoms with Gasteiger partial charge < -0.3 is 14.8 Å². The number of aromatic nitrogens is 6. The maximum Gasteiger partial charge on any atom is 0.191 e. The Morgan fingerprint density at radius 2 is 1.76 bits per heavy atom. The molecule has 0 atom stereocenters. The molecular weight excluding hydrogens is 514 g/mol. The molecule has 0 fully saturated rings. The molecule has 0 unspecified atom stereocenters. The van der Waals surface area contributed by atoms with Crippen LogP contribution in [0.15, 0.2) is 49.1 Å². The van der Waals surface area contributed by atoms with E-state index in [4.69, 9.17) is 21.1 Å². The van der Waals surface area contributed by atoms with Crippen LogP contribution in [-0.4, -0.2) is 57.5 Å². The van der Waals surface area contributed by atoms with E-state index in [-0.39, 0.29) is 0 Å². The number of ether oxygens (including phenoxy) is 2. The quantitative estimate of drug-likeness (QED) is 0.231. The van der Waals surface area contributed by atoms with Gasteiger partial charge in [0, 0.05) is 30.1 Å². The van der Waals surface area contributed by atoms with Crippen LogP contribution in [0.25, 0.3) is 33.0 Å². The summed E-state index contributed by atoms with van der Waals surface area (Å²) in [5.41, 5.74) is 4.89. The molecule has 0 saturated carbocycles. The van der Waals surface area contributed by atoms with E-state index in [1.54, 1.807) is 32.7 Å². The van der Waals surface area contributed by atoms with Crippen molar-refractivity contribution in [3.63, 3.8) is 0 Å². The summed E-state index contributed by atoms with van der Waals surface area (Å²) >= 11 is 7.35. The average Bonchev–Trinajstić information content (AvgIpc) is 3.36. The normalized spacial score (nSPS) is 10.4. The average molecular weight is 536 g/mol.